The number of aryl methyl sites for hydroxylation is 1. The lowest BCUT2D eigenvalue weighted by Crippen LogP contribution is -2.17. The lowest BCUT2D eigenvalue weighted by Gasteiger charge is -2.21. The van der Waals surface area contributed by atoms with Crippen molar-refractivity contribution in [3.8, 4) is 5.88 Å². The first-order valence-electron chi connectivity index (χ1n) is 6.88. The zero-order chi connectivity index (χ0) is 14.5. The SMILES string of the molecule is CCOc1cc(C)nc(NC(c2cccs2)C(C)C)n1. The molecule has 2 aromatic rings. The quantitative estimate of drug-likeness (QED) is 0.872. The van der Waals surface area contributed by atoms with Crippen molar-refractivity contribution in [3.05, 3.63) is 34.2 Å². The van der Waals surface area contributed by atoms with Crippen molar-refractivity contribution in [2.45, 2.75) is 33.7 Å². The van der Waals surface area contributed by atoms with E-state index in [0.29, 0.717) is 24.4 Å². The molecule has 0 aromatic carbocycles. The molecule has 108 valence electrons. The monoisotopic (exact) mass is 291 g/mol. The summed E-state index contributed by atoms with van der Waals surface area (Å²) in [5, 5.41) is 5.52. The number of rotatable bonds is 6. The van der Waals surface area contributed by atoms with Crippen LogP contribution in [0.3, 0.4) is 0 Å². The Morgan fingerprint density at radius 2 is 2.15 bits per heavy atom. The molecule has 0 aliphatic rings. The number of anilines is 1. The highest BCUT2D eigenvalue weighted by atomic mass is 32.1. The van der Waals surface area contributed by atoms with Gasteiger partial charge in [-0.1, -0.05) is 19.9 Å². The van der Waals surface area contributed by atoms with E-state index in [1.807, 2.05) is 19.9 Å². The molecule has 2 heterocycles. The second-order valence-electron chi connectivity index (χ2n) is 4.99. The minimum Gasteiger partial charge on any atom is -0.478 e. The maximum Gasteiger partial charge on any atom is 0.226 e. The molecule has 0 radical (unpaired) electrons. The van der Waals surface area contributed by atoms with Gasteiger partial charge >= 0.3 is 0 Å². The van der Waals surface area contributed by atoms with E-state index in [2.05, 4.69) is 46.6 Å². The molecule has 0 fully saturated rings. The Morgan fingerprint density at radius 3 is 2.75 bits per heavy atom. The van der Waals surface area contributed by atoms with Gasteiger partial charge in [0.1, 0.15) is 0 Å². The summed E-state index contributed by atoms with van der Waals surface area (Å²) in [6.07, 6.45) is 0. The summed E-state index contributed by atoms with van der Waals surface area (Å²) in [6.45, 7) is 8.89. The van der Waals surface area contributed by atoms with Crippen LogP contribution < -0.4 is 10.1 Å². The van der Waals surface area contributed by atoms with Crippen LogP contribution in [0.5, 0.6) is 5.88 Å². The summed E-state index contributed by atoms with van der Waals surface area (Å²) in [7, 11) is 0. The molecular weight excluding hydrogens is 270 g/mol. The van der Waals surface area contributed by atoms with Crippen LogP contribution in [0.15, 0.2) is 23.6 Å². The maximum atomic E-state index is 5.47. The van der Waals surface area contributed by atoms with Gasteiger partial charge in [-0.15, -0.1) is 11.3 Å². The molecule has 0 amide bonds. The summed E-state index contributed by atoms with van der Waals surface area (Å²) in [5.74, 6) is 1.70. The third-order valence-corrected chi connectivity index (χ3v) is 3.88. The highest BCUT2D eigenvalue weighted by Gasteiger charge is 2.18. The molecule has 1 atom stereocenters. The average molecular weight is 291 g/mol. The fourth-order valence-corrected chi connectivity index (χ4v) is 2.95. The summed E-state index contributed by atoms with van der Waals surface area (Å²) in [5.41, 5.74) is 0.902. The van der Waals surface area contributed by atoms with Gasteiger partial charge in [-0.3, -0.25) is 0 Å². The molecule has 0 aliphatic carbocycles. The molecule has 0 saturated carbocycles. The first-order chi connectivity index (χ1) is 9.60. The van der Waals surface area contributed by atoms with Crippen molar-refractivity contribution < 1.29 is 4.74 Å². The van der Waals surface area contributed by atoms with Gasteiger partial charge in [0.25, 0.3) is 0 Å². The molecule has 0 saturated heterocycles. The van der Waals surface area contributed by atoms with E-state index in [1.165, 1.54) is 4.88 Å². The minimum atomic E-state index is 0.214. The van der Waals surface area contributed by atoms with Gasteiger partial charge < -0.3 is 10.1 Å². The third-order valence-electron chi connectivity index (χ3n) is 2.92. The molecule has 1 unspecified atom stereocenters. The second-order valence-corrected chi connectivity index (χ2v) is 5.96. The molecule has 5 heteroatoms. The van der Waals surface area contributed by atoms with Gasteiger partial charge in [0, 0.05) is 16.6 Å². The van der Waals surface area contributed by atoms with Gasteiger partial charge in [-0.2, -0.15) is 4.98 Å². The largest absolute Gasteiger partial charge is 0.478 e. The Labute approximate surface area is 124 Å². The van der Waals surface area contributed by atoms with Crippen molar-refractivity contribution >= 4 is 17.3 Å². The van der Waals surface area contributed by atoms with Crippen LogP contribution in [0.25, 0.3) is 0 Å². The molecule has 0 aliphatic heterocycles. The van der Waals surface area contributed by atoms with Crippen molar-refractivity contribution in [3.63, 3.8) is 0 Å². The van der Waals surface area contributed by atoms with Crippen LogP contribution in [0.4, 0.5) is 5.95 Å². The van der Waals surface area contributed by atoms with E-state index >= 15 is 0 Å². The smallest absolute Gasteiger partial charge is 0.226 e. The molecule has 2 rings (SSSR count). The minimum absolute atomic E-state index is 0.214. The van der Waals surface area contributed by atoms with Crippen molar-refractivity contribution in [1.29, 1.82) is 0 Å². The van der Waals surface area contributed by atoms with Crippen molar-refractivity contribution in [2.75, 3.05) is 11.9 Å². The van der Waals surface area contributed by atoms with Crippen LogP contribution in [0.2, 0.25) is 0 Å². The highest BCUT2D eigenvalue weighted by molar-refractivity contribution is 7.10. The second kappa shape index (κ2) is 6.70. The summed E-state index contributed by atoms with van der Waals surface area (Å²) >= 11 is 1.75. The Hall–Kier alpha value is -1.62. The lowest BCUT2D eigenvalue weighted by atomic mass is 10.0. The number of hydrogen-bond donors (Lipinski definition) is 1. The van der Waals surface area contributed by atoms with Gasteiger partial charge in [0.15, 0.2) is 0 Å². The van der Waals surface area contributed by atoms with Gasteiger partial charge in [0.05, 0.1) is 12.6 Å². The van der Waals surface area contributed by atoms with Crippen LogP contribution >= 0.6 is 11.3 Å². The van der Waals surface area contributed by atoms with E-state index in [9.17, 15) is 0 Å². The Balaban J connectivity index is 2.22. The predicted octanol–water partition coefficient (Wildman–Crippen LogP) is 4.05. The molecule has 0 bridgehead atoms. The van der Waals surface area contributed by atoms with Crippen molar-refractivity contribution in [1.82, 2.24) is 9.97 Å². The van der Waals surface area contributed by atoms with Crippen molar-refractivity contribution in [2.24, 2.45) is 5.92 Å². The highest BCUT2D eigenvalue weighted by Crippen LogP contribution is 2.29. The fraction of sp³-hybridized carbons (Fsp3) is 0.467. The normalized spacial score (nSPS) is 12.4. The van der Waals surface area contributed by atoms with Crippen LogP contribution in [0, 0.1) is 12.8 Å². The first-order valence-corrected chi connectivity index (χ1v) is 7.76. The number of aromatic nitrogens is 2. The fourth-order valence-electron chi connectivity index (χ4n) is 2.00. The number of nitrogens with zero attached hydrogens (tertiary/aromatic N) is 2. The molecule has 1 N–H and O–H groups in total. The molecular formula is C15H21N3OS. The predicted molar refractivity (Wildman–Crippen MR) is 83.5 cm³/mol. The van der Waals surface area contributed by atoms with Crippen LogP contribution in [-0.2, 0) is 0 Å². The standard InChI is InChI=1S/C15H21N3OS/c1-5-19-13-9-11(4)16-15(17-13)18-14(10(2)3)12-7-6-8-20-12/h6-10,14H,5H2,1-4H3,(H,16,17,18). The Bertz CT molecular complexity index is 540. The summed E-state index contributed by atoms with van der Waals surface area (Å²) in [6, 6.07) is 6.28. The number of hydrogen-bond acceptors (Lipinski definition) is 5. The summed E-state index contributed by atoms with van der Waals surface area (Å²) < 4.78 is 5.47. The zero-order valence-corrected chi connectivity index (χ0v) is 13.2. The molecule has 0 spiro atoms. The zero-order valence-electron chi connectivity index (χ0n) is 12.4. The van der Waals surface area contributed by atoms with Gasteiger partial charge in [0.2, 0.25) is 11.8 Å². The van der Waals surface area contributed by atoms with E-state index in [4.69, 9.17) is 4.74 Å². The number of nitrogens with one attached hydrogen (secondary N) is 1. The van der Waals surface area contributed by atoms with Gasteiger partial charge in [-0.05, 0) is 31.2 Å². The molecule has 2 aromatic heterocycles. The number of ether oxygens (including phenoxy) is 1. The van der Waals surface area contributed by atoms with E-state index in [1.54, 1.807) is 11.3 Å². The summed E-state index contributed by atoms with van der Waals surface area (Å²) in [4.78, 5) is 10.2. The Morgan fingerprint density at radius 1 is 1.35 bits per heavy atom. The molecule has 4 nitrogen and oxygen atoms in total. The van der Waals surface area contributed by atoms with Crippen LogP contribution in [-0.4, -0.2) is 16.6 Å². The Kier molecular flexibility index (Phi) is 4.95. The van der Waals surface area contributed by atoms with E-state index in [-0.39, 0.29) is 6.04 Å². The lowest BCUT2D eigenvalue weighted by molar-refractivity contribution is 0.326. The topological polar surface area (TPSA) is 47.0 Å². The van der Waals surface area contributed by atoms with E-state index in [0.717, 1.165) is 5.69 Å². The molecule has 20 heavy (non-hydrogen) atoms. The maximum absolute atomic E-state index is 5.47. The third kappa shape index (κ3) is 3.70. The average Bonchev–Trinajstić information content (AvgIpc) is 2.89. The van der Waals surface area contributed by atoms with Crippen LogP contribution in [0.1, 0.15) is 37.4 Å². The van der Waals surface area contributed by atoms with Gasteiger partial charge in [-0.25, -0.2) is 4.98 Å². The first kappa shape index (κ1) is 14.8. The number of thiophene rings is 1. The van der Waals surface area contributed by atoms with E-state index < -0.39 is 0 Å².